The summed E-state index contributed by atoms with van der Waals surface area (Å²) in [6, 6.07) is 0. The van der Waals surface area contributed by atoms with Crippen LogP contribution in [0.25, 0.3) is 0 Å². The van der Waals surface area contributed by atoms with Gasteiger partial charge in [-0.05, 0) is 0 Å². The van der Waals surface area contributed by atoms with Gasteiger partial charge < -0.3 is 9.26 Å². The summed E-state index contributed by atoms with van der Waals surface area (Å²) < 4.78 is 19.6. The summed E-state index contributed by atoms with van der Waals surface area (Å²) >= 11 is 0. The number of rotatable bonds is 4. The van der Waals surface area contributed by atoms with Crippen LogP contribution in [0.5, 0.6) is 0 Å². The highest BCUT2D eigenvalue weighted by atomic mass is 31.1. The third kappa shape index (κ3) is 4.31. The predicted molar refractivity (Wildman–Crippen MR) is 32.8 cm³/mol. The van der Waals surface area contributed by atoms with Gasteiger partial charge in [0.2, 0.25) is 0 Å². The number of hydrogen-bond donors (Lipinski definition) is 0. The lowest BCUT2D eigenvalue weighted by atomic mass is 10.9. The molecule has 0 rings (SSSR count). The van der Waals surface area contributed by atoms with Gasteiger partial charge in [0.1, 0.15) is 0 Å². The standard InChI is InChI=1S/C4H11O3P/c1-6-3-4-8(5)7-2/h8H,3-4H2,1-2H3. The highest BCUT2D eigenvalue weighted by molar-refractivity contribution is 7.39. The molecule has 0 bridgehead atoms. The summed E-state index contributed by atoms with van der Waals surface area (Å²) in [5.74, 6) is 0. The smallest absolute Gasteiger partial charge is 0.193 e. The molecular formula is C4H11O3P. The number of hydrogen-bond acceptors (Lipinski definition) is 3. The summed E-state index contributed by atoms with van der Waals surface area (Å²) in [7, 11) is 1.25. The van der Waals surface area contributed by atoms with Gasteiger partial charge in [-0.15, -0.1) is 0 Å². The molecule has 4 heteroatoms. The molecule has 0 fully saturated rings. The molecule has 0 aliphatic heterocycles. The van der Waals surface area contributed by atoms with Crippen LogP contribution in [-0.2, 0) is 13.8 Å². The molecule has 0 aliphatic rings. The molecule has 0 saturated heterocycles. The second kappa shape index (κ2) is 5.29. The van der Waals surface area contributed by atoms with E-state index in [4.69, 9.17) is 0 Å². The Bertz CT molecular complexity index is 73.7. The van der Waals surface area contributed by atoms with Crippen molar-refractivity contribution in [3.8, 4) is 0 Å². The molecule has 0 aliphatic carbocycles. The van der Waals surface area contributed by atoms with Gasteiger partial charge in [-0.3, -0.25) is 4.57 Å². The zero-order valence-electron chi connectivity index (χ0n) is 5.14. The third-order valence-corrected chi connectivity index (χ3v) is 1.81. The van der Waals surface area contributed by atoms with E-state index in [2.05, 4.69) is 9.26 Å². The minimum atomic E-state index is -1.77. The zero-order valence-corrected chi connectivity index (χ0v) is 6.14. The first kappa shape index (κ1) is 8.15. The third-order valence-electron chi connectivity index (χ3n) is 0.738. The second-order valence-corrected chi connectivity index (χ2v) is 2.97. The lowest BCUT2D eigenvalue weighted by molar-refractivity contribution is 0.215. The number of ether oxygens (including phenoxy) is 1. The second-order valence-electron chi connectivity index (χ2n) is 1.32. The van der Waals surface area contributed by atoms with Gasteiger partial charge >= 0.3 is 0 Å². The van der Waals surface area contributed by atoms with Crippen molar-refractivity contribution < 1.29 is 13.8 Å². The van der Waals surface area contributed by atoms with Gasteiger partial charge in [-0.1, -0.05) is 0 Å². The molecule has 50 valence electrons. The Morgan fingerprint density at radius 3 is 2.50 bits per heavy atom. The minimum absolute atomic E-state index is 0.519. The van der Waals surface area contributed by atoms with E-state index in [1.807, 2.05) is 0 Å². The summed E-state index contributed by atoms with van der Waals surface area (Å²) in [5, 5.41) is 0. The largest absolute Gasteiger partial charge is 0.384 e. The Balaban J connectivity index is 2.99. The van der Waals surface area contributed by atoms with Crippen LogP contribution in [0, 0.1) is 0 Å². The Hall–Kier alpha value is 0.150. The van der Waals surface area contributed by atoms with E-state index in [1.165, 1.54) is 7.11 Å². The van der Waals surface area contributed by atoms with Gasteiger partial charge in [0, 0.05) is 20.4 Å². The molecule has 0 aromatic heterocycles. The van der Waals surface area contributed by atoms with Crippen molar-refractivity contribution in [3.63, 3.8) is 0 Å². The maximum absolute atomic E-state index is 10.5. The van der Waals surface area contributed by atoms with Crippen molar-refractivity contribution in [2.75, 3.05) is 27.0 Å². The summed E-state index contributed by atoms with van der Waals surface area (Å²) in [5.41, 5.74) is 0. The molecule has 0 radical (unpaired) electrons. The Morgan fingerprint density at radius 2 is 2.12 bits per heavy atom. The van der Waals surface area contributed by atoms with Crippen LogP contribution < -0.4 is 0 Å². The zero-order chi connectivity index (χ0) is 6.41. The Morgan fingerprint density at radius 1 is 1.50 bits per heavy atom. The fraction of sp³-hybridized carbons (Fsp3) is 1.00. The van der Waals surface area contributed by atoms with E-state index in [9.17, 15) is 4.57 Å². The molecule has 3 nitrogen and oxygen atoms in total. The predicted octanol–water partition coefficient (Wildman–Crippen LogP) is 0.754. The van der Waals surface area contributed by atoms with Crippen LogP contribution in [0.2, 0.25) is 0 Å². The Labute approximate surface area is 49.9 Å². The van der Waals surface area contributed by atoms with Crippen LogP contribution in [0.3, 0.4) is 0 Å². The van der Waals surface area contributed by atoms with Gasteiger partial charge in [0.15, 0.2) is 8.03 Å². The fourth-order valence-corrected chi connectivity index (χ4v) is 0.862. The molecule has 0 spiro atoms. The van der Waals surface area contributed by atoms with Crippen molar-refractivity contribution in [3.05, 3.63) is 0 Å². The van der Waals surface area contributed by atoms with E-state index in [0.717, 1.165) is 0 Å². The topological polar surface area (TPSA) is 35.5 Å². The minimum Gasteiger partial charge on any atom is -0.384 e. The molecule has 0 amide bonds. The first-order valence-corrected chi connectivity index (χ1v) is 3.89. The fourth-order valence-electron chi connectivity index (χ4n) is 0.287. The molecule has 0 heterocycles. The van der Waals surface area contributed by atoms with Crippen LogP contribution >= 0.6 is 8.03 Å². The van der Waals surface area contributed by atoms with E-state index >= 15 is 0 Å². The van der Waals surface area contributed by atoms with E-state index < -0.39 is 8.03 Å². The van der Waals surface area contributed by atoms with Crippen LogP contribution in [0.15, 0.2) is 0 Å². The molecule has 1 atom stereocenters. The first-order valence-electron chi connectivity index (χ1n) is 2.37. The highest BCUT2D eigenvalue weighted by Gasteiger charge is 1.92. The van der Waals surface area contributed by atoms with E-state index in [0.29, 0.717) is 12.8 Å². The van der Waals surface area contributed by atoms with E-state index in [-0.39, 0.29) is 0 Å². The summed E-state index contributed by atoms with van der Waals surface area (Å²) in [4.78, 5) is 0. The first-order chi connectivity index (χ1) is 3.81. The molecular weight excluding hydrogens is 127 g/mol. The van der Waals surface area contributed by atoms with E-state index in [1.54, 1.807) is 7.11 Å². The normalized spacial score (nSPS) is 13.8. The molecule has 0 saturated carbocycles. The SMILES string of the molecule is COCC[PH](=O)OC. The maximum atomic E-state index is 10.5. The van der Waals surface area contributed by atoms with Crippen molar-refractivity contribution in [2.45, 2.75) is 0 Å². The quantitative estimate of drug-likeness (QED) is 0.538. The maximum Gasteiger partial charge on any atom is 0.193 e. The monoisotopic (exact) mass is 138 g/mol. The van der Waals surface area contributed by atoms with Gasteiger partial charge in [0.25, 0.3) is 0 Å². The molecule has 8 heavy (non-hydrogen) atoms. The van der Waals surface area contributed by atoms with Crippen LogP contribution in [0.1, 0.15) is 0 Å². The molecule has 1 unspecified atom stereocenters. The lowest BCUT2D eigenvalue weighted by Crippen LogP contribution is -1.90. The van der Waals surface area contributed by atoms with Gasteiger partial charge in [-0.25, -0.2) is 0 Å². The average Bonchev–Trinajstić information content (AvgIpc) is 1.83. The summed E-state index contributed by atoms with van der Waals surface area (Å²) in [6.07, 6.45) is 0.525. The van der Waals surface area contributed by atoms with Crippen LogP contribution in [0.4, 0.5) is 0 Å². The Kier molecular flexibility index (Phi) is 5.39. The van der Waals surface area contributed by atoms with Crippen molar-refractivity contribution >= 4 is 8.03 Å². The lowest BCUT2D eigenvalue weighted by Gasteiger charge is -1.95. The van der Waals surface area contributed by atoms with Crippen molar-refractivity contribution in [1.82, 2.24) is 0 Å². The molecule has 0 N–H and O–H groups in total. The number of methoxy groups -OCH3 is 1. The van der Waals surface area contributed by atoms with Crippen LogP contribution in [-0.4, -0.2) is 27.0 Å². The van der Waals surface area contributed by atoms with Crippen molar-refractivity contribution in [1.29, 1.82) is 0 Å². The highest BCUT2D eigenvalue weighted by Crippen LogP contribution is 2.18. The van der Waals surface area contributed by atoms with Gasteiger partial charge in [0.05, 0.1) is 6.61 Å². The molecule has 0 aromatic rings. The average molecular weight is 138 g/mol. The summed E-state index contributed by atoms with van der Waals surface area (Å²) in [6.45, 7) is 0.519. The van der Waals surface area contributed by atoms with Crippen molar-refractivity contribution in [2.24, 2.45) is 0 Å². The molecule has 0 aromatic carbocycles. The van der Waals surface area contributed by atoms with Gasteiger partial charge in [-0.2, -0.15) is 0 Å².